The van der Waals surface area contributed by atoms with Crippen LogP contribution in [0.1, 0.15) is 51.6 Å². The molecule has 3 aromatic heterocycles. The van der Waals surface area contributed by atoms with Crippen LogP contribution in [0.15, 0.2) is 297 Å². The van der Waals surface area contributed by atoms with Gasteiger partial charge in [-0.15, -0.1) is 22.7 Å². The zero-order valence-electron chi connectivity index (χ0n) is 44.3. The summed E-state index contributed by atoms with van der Waals surface area (Å²) in [6.45, 7) is 0. The number of aromatic nitrogens is 1. The van der Waals surface area contributed by atoms with Gasteiger partial charge in [-0.1, -0.05) is 237 Å². The minimum Gasteiger partial charge on any atom is -0.309 e. The van der Waals surface area contributed by atoms with Gasteiger partial charge < -0.3 is 4.57 Å². The molecule has 0 aliphatic rings. The second-order valence-corrected chi connectivity index (χ2v) is 23.3. The first-order valence-electron chi connectivity index (χ1n) is 27.9. The van der Waals surface area contributed by atoms with Crippen LogP contribution in [0.2, 0.25) is 0 Å². The molecule has 0 bridgehead atoms. The van der Waals surface area contributed by atoms with Crippen LogP contribution in [0, 0.1) is 0 Å². The van der Waals surface area contributed by atoms with Gasteiger partial charge in [-0.3, -0.25) is 0 Å². The van der Waals surface area contributed by atoms with Crippen LogP contribution in [0.4, 0.5) is 0 Å². The van der Waals surface area contributed by atoms with Gasteiger partial charge in [0.1, 0.15) is 0 Å². The van der Waals surface area contributed by atoms with Crippen molar-refractivity contribution in [2.75, 3.05) is 0 Å². The standard InChI is InChI=1S/C77H57NS2/c1-5-17-53(18-6-1)33-42-66(56-19-7-2-8-20-56)58-36-38-59(39-37-58)69(68-30-16-26-57-21-13-14-29-67(57)68)49-54-31-34-55(35-32-54)62-40-43-72-70(51-62)71-52-64(77-48-46-75(80-77)61-24-11-4-12-25-61)41-44-73(71)78(72)65-28-15-27-63(50-65)76-47-45-74(79-76)60-22-9-3-10-23-60/h1-32,34-41,43-48,50-52,66,69H,33,42,49H2. The number of benzene rings is 11. The van der Waals surface area contributed by atoms with Crippen LogP contribution < -0.4 is 0 Å². The highest BCUT2D eigenvalue weighted by molar-refractivity contribution is 7.19. The van der Waals surface area contributed by atoms with Crippen LogP contribution in [-0.2, 0) is 12.8 Å². The molecule has 3 heteroatoms. The Bertz CT molecular complexity index is 4410. The van der Waals surface area contributed by atoms with Crippen molar-refractivity contribution in [1.29, 1.82) is 0 Å². The summed E-state index contributed by atoms with van der Waals surface area (Å²) < 4.78 is 2.47. The molecule has 2 atom stereocenters. The molecule has 0 N–H and O–H groups in total. The van der Waals surface area contributed by atoms with Crippen molar-refractivity contribution >= 4 is 55.3 Å². The Kier molecular flexibility index (Phi) is 13.5. The lowest BCUT2D eigenvalue weighted by molar-refractivity contribution is 0.713. The molecule has 0 saturated carbocycles. The van der Waals surface area contributed by atoms with E-state index in [1.54, 1.807) is 0 Å². The number of hydrogen-bond acceptors (Lipinski definition) is 2. The van der Waals surface area contributed by atoms with Gasteiger partial charge in [0.25, 0.3) is 0 Å². The Labute approximate surface area is 477 Å². The molecule has 14 rings (SSSR count). The van der Waals surface area contributed by atoms with Crippen LogP contribution in [-0.4, -0.2) is 4.57 Å². The number of fused-ring (bicyclic) bond motifs is 4. The summed E-state index contributed by atoms with van der Waals surface area (Å²) >= 11 is 3.70. The Morgan fingerprint density at radius 2 is 0.775 bits per heavy atom. The Morgan fingerprint density at radius 3 is 1.43 bits per heavy atom. The fourth-order valence-corrected chi connectivity index (χ4v) is 14.1. The lowest BCUT2D eigenvalue weighted by Crippen LogP contribution is -2.08. The fraction of sp³-hybridized carbons (Fsp3) is 0.0649. The summed E-state index contributed by atoms with van der Waals surface area (Å²) in [7, 11) is 0. The second-order valence-electron chi connectivity index (χ2n) is 21.1. The minimum atomic E-state index is 0.161. The van der Waals surface area contributed by atoms with E-state index in [1.165, 1.54) is 119 Å². The van der Waals surface area contributed by atoms with Gasteiger partial charge in [-0.2, -0.15) is 0 Å². The quantitative estimate of drug-likeness (QED) is 0.0964. The van der Waals surface area contributed by atoms with E-state index in [1.807, 2.05) is 22.7 Å². The van der Waals surface area contributed by atoms with Crippen LogP contribution in [0.3, 0.4) is 0 Å². The summed E-state index contributed by atoms with van der Waals surface area (Å²) in [5.74, 6) is 0.464. The number of nitrogens with zero attached hydrogens (tertiary/aromatic N) is 1. The van der Waals surface area contributed by atoms with E-state index >= 15 is 0 Å². The van der Waals surface area contributed by atoms with E-state index in [0.717, 1.165) is 24.9 Å². The number of thiophene rings is 2. The van der Waals surface area contributed by atoms with E-state index in [4.69, 9.17) is 0 Å². The average Bonchev–Trinajstić information content (AvgIpc) is 4.37. The molecule has 1 nitrogen and oxygen atoms in total. The maximum atomic E-state index is 2.47. The third kappa shape index (κ3) is 9.92. The van der Waals surface area contributed by atoms with Gasteiger partial charge in [0, 0.05) is 47.8 Å². The van der Waals surface area contributed by atoms with Gasteiger partial charge in [0.15, 0.2) is 0 Å². The van der Waals surface area contributed by atoms with Crippen molar-refractivity contribution in [3.05, 3.63) is 331 Å². The van der Waals surface area contributed by atoms with E-state index in [2.05, 4.69) is 302 Å². The highest BCUT2D eigenvalue weighted by Gasteiger charge is 2.22. The molecule has 382 valence electrons. The molecule has 0 fully saturated rings. The first-order chi connectivity index (χ1) is 39.6. The topological polar surface area (TPSA) is 4.93 Å². The highest BCUT2D eigenvalue weighted by Crippen LogP contribution is 2.43. The van der Waals surface area contributed by atoms with Crippen molar-refractivity contribution in [3.8, 4) is 58.6 Å². The first kappa shape index (κ1) is 49.2. The SMILES string of the molecule is c1ccc(CCC(c2ccccc2)c2ccc(C(Cc3ccc(-c4ccc5c(c4)c4cc(-c6ccc(-c7ccccc7)s6)ccc4n5-c4cccc(-c5ccc(-c6ccccc6)s5)c4)cc3)c3cccc4ccccc34)cc2)cc1. The Hall–Kier alpha value is -9.12. The van der Waals surface area contributed by atoms with E-state index < -0.39 is 0 Å². The molecule has 0 spiro atoms. The predicted molar refractivity (Wildman–Crippen MR) is 343 cm³/mol. The summed E-state index contributed by atoms with van der Waals surface area (Å²) in [5, 5.41) is 5.07. The van der Waals surface area contributed by atoms with E-state index in [-0.39, 0.29) is 5.92 Å². The predicted octanol–water partition coefficient (Wildman–Crippen LogP) is 21.5. The average molecular weight is 1060 g/mol. The third-order valence-electron chi connectivity index (χ3n) is 16.2. The molecular formula is C77H57NS2. The Balaban J connectivity index is 0.815. The molecule has 11 aromatic carbocycles. The zero-order chi connectivity index (χ0) is 53.2. The number of hydrogen-bond donors (Lipinski definition) is 0. The highest BCUT2D eigenvalue weighted by atomic mass is 32.1. The van der Waals surface area contributed by atoms with Crippen molar-refractivity contribution < 1.29 is 0 Å². The smallest absolute Gasteiger partial charge is 0.0541 e. The lowest BCUT2D eigenvalue weighted by Gasteiger charge is -2.23. The first-order valence-corrected chi connectivity index (χ1v) is 29.5. The van der Waals surface area contributed by atoms with Crippen molar-refractivity contribution in [2.45, 2.75) is 31.1 Å². The molecule has 0 amide bonds. The molecule has 2 unspecified atom stereocenters. The minimum absolute atomic E-state index is 0.161. The molecule has 0 saturated heterocycles. The van der Waals surface area contributed by atoms with Gasteiger partial charge in [0.05, 0.1) is 11.0 Å². The van der Waals surface area contributed by atoms with Crippen molar-refractivity contribution in [1.82, 2.24) is 4.57 Å². The summed E-state index contributed by atoms with van der Waals surface area (Å²) in [4.78, 5) is 5.07. The summed E-state index contributed by atoms with van der Waals surface area (Å²) in [6.07, 6.45) is 2.96. The van der Waals surface area contributed by atoms with Crippen molar-refractivity contribution in [3.63, 3.8) is 0 Å². The monoisotopic (exact) mass is 1060 g/mol. The van der Waals surface area contributed by atoms with Gasteiger partial charge >= 0.3 is 0 Å². The maximum Gasteiger partial charge on any atom is 0.0541 e. The Morgan fingerprint density at radius 1 is 0.300 bits per heavy atom. The molecule has 0 aliphatic carbocycles. The number of aryl methyl sites for hydroxylation is 1. The zero-order valence-corrected chi connectivity index (χ0v) is 46.0. The third-order valence-corrected chi connectivity index (χ3v) is 18.6. The number of rotatable bonds is 15. The van der Waals surface area contributed by atoms with Gasteiger partial charge in [-0.25, -0.2) is 0 Å². The molecule has 0 radical (unpaired) electrons. The summed E-state index contributed by atoms with van der Waals surface area (Å²) in [6, 6.07) is 110. The van der Waals surface area contributed by atoms with Crippen molar-refractivity contribution in [2.24, 2.45) is 0 Å². The molecular weight excluding hydrogens is 1000 g/mol. The fourth-order valence-electron chi connectivity index (χ4n) is 12.1. The summed E-state index contributed by atoms with van der Waals surface area (Å²) in [5.41, 5.74) is 19.0. The van der Waals surface area contributed by atoms with Gasteiger partial charge in [0.2, 0.25) is 0 Å². The van der Waals surface area contributed by atoms with E-state index in [9.17, 15) is 0 Å². The molecule has 14 aromatic rings. The van der Waals surface area contributed by atoms with Crippen LogP contribution in [0.5, 0.6) is 0 Å². The molecule has 0 aliphatic heterocycles. The van der Waals surface area contributed by atoms with Crippen LogP contribution in [0.25, 0.3) is 91.2 Å². The van der Waals surface area contributed by atoms with Crippen LogP contribution >= 0.6 is 22.7 Å². The second kappa shape index (κ2) is 22.0. The maximum absolute atomic E-state index is 2.47. The van der Waals surface area contributed by atoms with Gasteiger partial charge in [-0.05, 0) is 157 Å². The molecule has 80 heavy (non-hydrogen) atoms. The lowest BCUT2D eigenvalue weighted by atomic mass is 9.81. The molecule has 3 heterocycles. The van der Waals surface area contributed by atoms with E-state index in [0.29, 0.717) is 5.92 Å². The normalized spacial score (nSPS) is 12.3. The largest absolute Gasteiger partial charge is 0.309 e.